The molecule has 0 spiro atoms. The summed E-state index contributed by atoms with van der Waals surface area (Å²) in [5.74, 6) is -0.691. The highest BCUT2D eigenvalue weighted by atomic mass is 16.5. The molecule has 152 valence electrons. The third-order valence-electron chi connectivity index (χ3n) is 4.60. The maximum Gasteiger partial charge on any atom is 0.303 e. The molecule has 0 heterocycles. The zero-order valence-corrected chi connectivity index (χ0v) is 16.0. The van der Waals surface area contributed by atoms with E-state index >= 15 is 0 Å². The van der Waals surface area contributed by atoms with Crippen LogP contribution in [0.3, 0.4) is 0 Å². The number of carbonyl (C=O) groups excluding carboxylic acids is 2. The Morgan fingerprint density at radius 2 is 1.83 bits per heavy atom. The molecule has 1 atom stereocenters. The molecular formula is C22H24N2O5. The number of carboxylic acids is 1. The number of carbonyl (C=O) groups is 3. The molecule has 1 saturated carbocycles. The largest absolute Gasteiger partial charge is 0.484 e. The highest BCUT2D eigenvalue weighted by molar-refractivity contribution is 5.94. The van der Waals surface area contributed by atoms with E-state index in [4.69, 9.17) is 9.84 Å². The smallest absolute Gasteiger partial charge is 0.303 e. The van der Waals surface area contributed by atoms with Gasteiger partial charge in [-0.15, -0.1) is 0 Å². The second kappa shape index (κ2) is 9.73. The van der Waals surface area contributed by atoms with E-state index in [1.807, 2.05) is 30.3 Å². The Morgan fingerprint density at radius 3 is 2.52 bits per heavy atom. The third kappa shape index (κ3) is 6.64. The Bertz CT molecular complexity index is 865. The third-order valence-corrected chi connectivity index (χ3v) is 4.60. The van der Waals surface area contributed by atoms with Gasteiger partial charge in [-0.3, -0.25) is 14.4 Å². The predicted octanol–water partition coefficient (Wildman–Crippen LogP) is 3.14. The van der Waals surface area contributed by atoms with Gasteiger partial charge in [0.05, 0.1) is 6.04 Å². The predicted molar refractivity (Wildman–Crippen MR) is 107 cm³/mol. The first kappa shape index (κ1) is 20.4. The van der Waals surface area contributed by atoms with Crippen LogP contribution < -0.4 is 15.4 Å². The fourth-order valence-electron chi connectivity index (χ4n) is 2.91. The minimum atomic E-state index is -0.915. The van der Waals surface area contributed by atoms with Crippen LogP contribution in [0.25, 0.3) is 0 Å². The van der Waals surface area contributed by atoms with Crippen LogP contribution in [0.4, 0.5) is 5.69 Å². The van der Waals surface area contributed by atoms with Gasteiger partial charge in [-0.25, -0.2) is 0 Å². The Kier molecular flexibility index (Phi) is 6.84. The summed E-state index contributed by atoms with van der Waals surface area (Å²) in [5.41, 5.74) is 1.47. The highest BCUT2D eigenvalue weighted by Crippen LogP contribution is 2.30. The van der Waals surface area contributed by atoms with E-state index in [-0.39, 0.29) is 37.2 Å². The van der Waals surface area contributed by atoms with Gasteiger partial charge in [-0.2, -0.15) is 0 Å². The molecule has 3 N–H and O–H groups in total. The van der Waals surface area contributed by atoms with Crippen LogP contribution in [-0.2, 0) is 14.4 Å². The molecule has 7 nitrogen and oxygen atoms in total. The minimum Gasteiger partial charge on any atom is -0.484 e. The quantitative estimate of drug-likeness (QED) is 0.572. The molecule has 7 heteroatoms. The Balaban J connectivity index is 1.54. The topological polar surface area (TPSA) is 105 Å². The molecule has 0 aliphatic heterocycles. The molecule has 3 rings (SSSR count). The average Bonchev–Trinajstić information content (AvgIpc) is 3.56. The number of rotatable bonds is 10. The summed E-state index contributed by atoms with van der Waals surface area (Å²) in [6.07, 6.45) is 2.08. The molecule has 2 aromatic rings. The van der Waals surface area contributed by atoms with Crippen LogP contribution in [0.2, 0.25) is 0 Å². The van der Waals surface area contributed by atoms with Gasteiger partial charge < -0.3 is 20.5 Å². The van der Waals surface area contributed by atoms with Crippen molar-refractivity contribution in [1.82, 2.24) is 5.32 Å². The maximum atomic E-state index is 12.4. The summed E-state index contributed by atoms with van der Waals surface area (Å²) >= 11 is 0. The first-order chi connectivity index (χ1) is 14.0. The Morgan fingerprint density at radius 1 is 1.07 bits per heavy atom. The summed E-state index contributed by atoms with van der Waals surface area (Å²) in [5, 5.41) is 14.6. The summed E-state index contributed by atoms with van der Waals surface area (Å²) in [6.45, 7) is -0.212. The summed E-state index contributed by atoms with van der Waals surface area (Å²) in [6, 6.07) is 15.7. The number of hydrogen-bond donors (Lipinski definition) is 3. The number of aliphatic carboxylic acids is 1. The number of nitrogens with one attached hydrogen (secondary N) is 2. The maximum absolute atomic E-state index is 12.4. The molecule has 1 aliphatic carbocycles. The number of ether oxygens (including phenoxy) is 1. The highest BCUT2D eigenvalue weighted by Gasteiger charge is 2.29. The molecule has 0 bridgehead atoms. The van der Waals surface area contributed by atoms with E-state index in [0.717, 1.165) is 18.4 Å². The summed E-state index contributed by atoms with van der Waals surface area (Å²) in [4.78, 5) is 35.1. The lowest BCUT2D eigenvalue weighted by Crippen LogP contribution is -2.33. The zero-order valence-electron chi connectivity index (χ0n) is 16.0. The Hall–Kier alpha value is -3.35. The second-order valence-corrected chi connectivity index (χ2v) is 7.04. The zero-order chi connectivity index (χ0) is 20.6. The number of hydrogen-bond acceptors (Lipinski definition) is 4. The van der Waals surface area contributed by atoms with Crippen molar-refractivity contribution in [1.29, 1.82) is 0 Å². The van der Waals surface area contributed by atoms with E-state index in [0.29, 0.717) is 11.4 Å². The second-order valence-electron chi connectivity index (χ2n) is 7.04. The van der Waals surface area contributed by atoms with Gasteiger partial charge >= 0.3 is 5.97 Å². The lowest BCUT2D eigenvalue weighted by molar-refractivity contribution is -0.137. The SMILES string of the molecule is O=C(O)CCC(NC(=O)COc1cccc(NC(=O)C2CC2)c1)c1ccccc1. The normalized spacial score (nSPS) is 13.9. The van der Waals surface area contributed by atoms with Crippen LogP contribution in [-0.4, -0.2) is 29.5 Å². The van der Waals surface area contributed by atoms with Crippen LogP contribution in [0.5, 0.6) is 5.75 Å². The van der Waals surface area contributed by atoms with Crippen LogP contribution in [0, 0.1) is 5.92 Å². The van der Waals surface area contributed by atoms with Gasteiger partial charge in [0, 0.05) is 24.1 Å². The van der Waals surface area contributed by atoms with E-state index in [1.165, 1.54) is 0 Å². The van der Waals surface area contributed by atoms with Gasteiger partial charge in [0.25, 0.3) is 5.91 Å². The van der Waals surface area contributed by atoms with E-state index < -0.39 is 12.0 Å². The van der Waals surface area contributed by atoms with Crippen molar-refractivity contribution in [2.75, 3.05) is 11.9 Å². The lowest BCUT2D eigenvalue weighted by atomic mass is 10.0. The first-order valence-electron chi connectivity index (χ1n) is 9.61. The van der Waals surface area contributed by atoms with Crippen molar-refractivity contribution in [3.63, 3.8) is 0 Å². The van der Waals surface area contributed by atoms with Crippen molar-refractivity contribution in [2.45, 2.75) is 31.7 Å². The standard InChI is InChI=1S/C22H24N2O5/c25-20(24-19(11-12-21(26)27)15-5-2-1-3-6-15)14-29-18-8-4-7-17(13-18)23-22(28)16-9-10-16/h1-8,13,16,19H,9-12,14H2,(H,23,28)(H,24,25)(H,26,27). The van der Waals surface area contributed by atoms with Crippen LogP contribution >= 0.6 is 0 Å². The first-order valence-corrected chi connectivity index (χ1v) is 9.61. The number of amides is 2. The van der Waals surface area contributed by atoms with Crippen molar-refractivity contribution in [3.8, 4) is 5.75 Å². The van der Waals surface area contributed by atoms with Crippen molar-refractivity contribution < 1.29 is 24.2 Å². The van der Waals surface area contributed by atoms with Crippen molar-refractivity contribution in [3.05, 3.63) is 60.2 Å². The van der Waals surface area contributed by atoms with Crippen molar-refractivity contribution in [2.24, 2.45) is 5.92 Å². The van der Waals surface area contributed by atoms with Gasteiger partial charge in [0.1, 0.15) is 5.75 Å². The monoisotopic (exact) mass is 396 g/mol. The molecular weight excluding hydrogens is 372 g/mol. The molecule has 1 aliphatic rings. The van der Waals surface area contributed by atoms with Crippen LogP contribution in [0.15, 0.2) is 54.6 Å². The molecule has 29 heavy (non-hydrogen) atoms. The van der Waals surface area contributed by atoms with Gasteiger partial charge in [0.2, 0.25) is 5.91 Å². The van der Waals surface area contributed by atoms with Crippen LogP contribution in [0.1, 0.15) is 37.3 Å². The Labute approximate surface area is 169 Å². The summed E-state index contributed by atoms with van der Waals surface area (Å²) in [7, 11) is 0. The van der Waals surface area contributed by atoms with E-state index in [1.54, 1.807) is 24.3 Å². The van der Waals surface area contributed by atoms with Gasteiger partial charge in [-0.1, -0.05) is 36.4 Å². The fourth-order valence-corrected chi connectivity index (χ4v) is 2.91. The summed E-state index contributed by atoms with van der Waals surface area (Å²) < 4.78 is 5.55. The average molecular weight is 396 g/mol. The molecule has 2 aromatic carbocycles. The van der Waals surface area contributed by atoms with Gasteiger partial charge in [-0.05, 0) is 37.0 Å². The molecule has 0 aromatic heterocycles. The van der Waals surface area contributed by atoms with E-state index in [9.17, 15) is 14.4 Å². The van der Waals surface area contributed by atoms with Crippen molar-refractivity contribution >= 4 is 23.5 Å². The molecule has 1 unspecified atom stereocenters. The fraction of sp³-hybridized carbons (Fsp3) is 0.318. The molecule has 0 saturated heterocycles. The number of anilines is 1. The lowest BCUT2D eigenvalue weighted by Gasteiger charge is -2.19. The number of benzene rings is 2. The minimum absolute atomic E-state index is 0.00373. The number of carboxylic acid groups (broad SMARTS) is 1. The molecule has 0 radical (unpaired) electrons. The van der Waals surface area contributed by atoms with Gasteiger partial charge in [0.15, 0.2) is 6.61 Å². The molecule has 1 fully saturated rings. The molecule has 2 amide bonds. The van der Waals surface area contributed by atoms with E-state index in [2.05, 4.69) is 10.6 Å².